The van der Waals surface area contributed by atoms with Crippen LogP contribution >= 0.6 is 11.3 Å². The summed E-state index contributed by atoms with van der Waals surface area (Å²) in [6.07, 6.45) is 0. The van der Waals surface area contributed by atoms with Crippen molar-refractivity contribution in [2.24, 2.45) is 0 Å². The molecule has 6 nitrogen and oxygen atoms in total. The zero-order valence-corrected chi connectivity index (χ0v) is 13.0. The third-order valence-corrected chi connectivity index (χ3v) is 5.84. The molecule has 1 unspecified atom stereocenters. The summed E-state index contributed by atoms with van der Waals surface area (Å²) in [4.78, 5) is 2.83. The fourth-order valence-electron chi connectivity index (χ4n) is 2.22. The predicted octanol–water partition coefficient (Wildman–Crippen LogP) is 0.239. The number of morpholine rings is 1. The van der Waals surface area contributed by atoms with Gasteiger partial charge >= 0.3 is 0 Å². The number of aliphatic hydroxyl groups is 1. The van der Waals surface area contributed by atoms with E-state index in [1.54, 1.807) is 5.38 Å². The minimum atomic E-state index is -3.57. The van der Waals surface area contributed by atoms with Crippen LogP contribution in [-0.2, 0) is 21.4 Å². The van der Waals surface area contributed by atoms with Gasteiger partial charge in [-0.05, 0) is 18.4 Å². The van der Waals surface area contributed by atoms with E-state index in [-0.39, 0.29) is 17.5 Å². The van der Waals surface area contributed by atoms with Gasteiger partial charge in [0.2, 0.25) is 10.0 Å². The number of thiophene rings is 1. The average molecular weight is 320 g/mol. The molecule has 0 aromatic carbocycles. The van der Waals surface area contributed by atoms with Crippen molar-refractivity contribution in [3.05, 3.63) is 16.3 Å². The van der Waals surface area contributed by atoms with Gasteiger partial charge in [0.1, 0.15) is 0 Å². The average Bonchev–Trinajstić information content (AvgIpc) is 2.88. The second kappa shape index (κ2) is 6.97. The van der Waals surface area contributed by atoms with Crippen molar-refractivity contribution in [2.45, 2.75) is 24.5 Å². The van der Waals surface area contributed by atoms with Gasteiger partial charge < -0.3 is 9.84 Å². The Morgan fingerprint density at radius 3 is 2.85 bits per heavy atom. The van der Waals surface area contributed by atoms with Gasteiger partial charge in [-0.3, -0.25) is 4.90 Å². The summed E-state index contributed by atoms with van der Waals surface area (Å²) in [5.74, 6) is 0. The van der Waals surface area contributed by atoms with Crippen LogP contribution in [0.5, 0.6) is 0 Å². The molecule has 8 heteroatoms. The van der Waals surface area contributed by atoms with Gasteiger partial charge in [0.05, 0.1) is 24.7 Å². The van der Waals surface area contributed by atoms with E-state index in [9.17, 15) is 8.42 Å². The highest BCUT2D eigenvalue weighted by Crippen LogP contribution is 2.21. The van der Waals surface area contributed by atoms with Crippen molar-refractivity contribution in [3.63, 3.8) is 0 Å². The third-order valence-electron chi connectivity index (χ3n) is 3.13. The summed E-state index contributed by atoms with van der Waals surface area (Å²) >= 11 is 1.24. The van der Waals surface area contributed by atoms with Crippen molar-refractivity contribution in [2.75, 3.05) is 32.8 Å². The molecule has 1 saturated heterocycles. The second-order valence-electron chi connectivity index (χ2n) is 4.80. The summed E-state index contributed by atoms with van der Waals surface area (Å²) in [5, 5.41) is 10.8. The molecule has 1 fully saturated rings. The van der Waals surface area contributed by atoms with Gasteiger partial charge in [-0.2, -0.15) is 0 Å². The number of ether oxygens (including phenoxy) is 1. The number of rotatable bonds is 6. The van der Waals surface area contributed by atoms with Crippen LogP contribution in [0.15, 0.2) is 16.3 Å². The highest BCUT2D eigenvalue weighted by Gasteiger charge is 2.23. The lowest BCUT2D eigenvalue weighted by Crippen LogP contribution is -2.45. The molecule has 1 aromatic rings. The molecule has 2 rings (SSSR count). The first-order valence-corrected chi connectivity index (χ1v) is 8.89. The van der Waals surface area contributed by atoms with Crippen molar-refractivity contribution < 1.29 is 18.3 Å². The van der Waals surface area contributed by atoms with Crippen molar-refractivity contribution in [1.82, 2.24) is 9.62 Å². The van der Waals surface area contributed by atoms with Gasteiger partial charge in [0.25, 0.3) is 0 Å². The van der Waals surface area contributed by atoms with Crippen LogP contribution in [0.4, 0.5) is 0 Å². The molecule has 0 saturated carbocycles. The van der Waals surface area contributed by atoms with Gasteiger partial charge in [-0.25, -0.2) is 13.1 Å². The fraction of sp³-hybridized carbons (Fsp3) is 0.667. The van der Waals surface area contributed by atoms with E-state index in [0.717, 1.165) is 13.1 Å². The van der Waals surface area contributed by atoms with Gasteiger partial charge in [-0.1, -0.05) is 0 Å². The topological polar surface area (TPSA) is 78.9 Å². The zero-order valence-electron chi connectivity index (χ0n) is 11.4. The summed E-state index contributed by atoms with van der Waals surface area (Å²) in [5.41, 5.74) is 0. The SMILES string of the molecule is CC(CN1CCOCC1)NS(=O)(=O)c1ccsc1CO. The largest absolute Gasteiger partial charge is 0.391 e. The Hall–Kier alpha value is -0.510. The molecule has 1 aliphatic rings. The predicted molar refractivity (Wildman–Crippen MR) is 77.3 cm³/mol. The molecule has 1 aliphatic heterocycles. The van der Waals surface area contributed by atoms with Crippen molar-refractivity contribution >= 4 is 21.4 Å². The molecule has 2 N–H and O–H groups in total. The quantitative estimate of drug-likeness (QED) is 0.785. The number of nitrogens with one attached hydrogen (secondary N) is 1. The van der Waals surface area contributed by atoms with Crippen molar-refractivity contribution in [3.8, 4) is 0 Å². The van der Waals surface area contributed by atoms with E-state index in [2.05, 4.69) is 9.62 Å². The molecule has 0 bridgehead atoms. The summed E-state index contributed by atoms with van der Waals surface area (Å²) in [6, 6.07) is 1.34. The van der Waals surface area contributed by atoms with Crippen LogP contribution in [0.3, 0.4) is 0 Å². The number of nitrogens with zero attached hydrogens (tertiary/aromatic N) is 1. The van der Waals surface area contributed by atoms with E-state index >= 15 is 0 Å². The van der Waals surface area contributed by atoms with Crippen LogP contribution in [0.2, 0.25) is 0 Å². The van der Waals surface area contributed by atoms with Crippen LogP contribution < -0.4 is 4.72 Å². The number of hydrogen-bond acceptors (Lipinski definition) is 6. The van der Waals surface area contributed by atoms with Gasteiger partial charge in [-0.15, -0.1) is 11.3 Å². The first kappa shape index (κ1) is 15.9. The minimum Gasteiger partial charge on any atom is -0.391 e. The Kier molecular flexibility index (Phi) is 5.53. The van der Waals surface area contributed by atoms with Gasteiger partial charge in [0.15, 0.2) is 0 Å². The Morgan fingerprint density at radius 1 is 1.50 bits per heavy atom. The maximum atomic E-state index is 12.3. The molecular weight excluding hydrogens is 300 g/mol. The normalized spacial score (nSPS) is 19.1. The molecule has 20 heavy (non-hydrogen) atoms. The van der Waals surface area contributed by atoms with Crippen LogP contribution in [0.25, 0.3) is 0 Å². The summed E-state index contributed by atoms with van der Waals surface area (Å²) < 4.78 is 32.5. The fourth-order valence-corrected chi connectivity index (χ4v) is 4.75. The van der Waals surface area contributed by atoms with Crippen LogP contribution in [0.1, 0.15) is 11.8 Å². The third kappa shape index (κ3) is 4.00. The maximum Gasteiger partial charge on any atom is 0.242 e. The minimum absolute atomic E-state index is 0.179. The molecular formula is C12H20N2O4S2. The highest BCUT2D eigenvalue weighted by atomic mass is 32.2. The van der Waals surface area contributed by atoms with Crippen LogP contribution in [-0.4, -0.2) is 57.3 Å². The number of sulfonamides is 1. The van der Waals surface area contributed by atoms with E-state index in [4.69, 9.17) is 9.84 Å². The molecule has 2 heterocycles. The highest BCUT2D eigenvalue weighted by molar-refractivity contribution is 7.89. The maximum absolute atomic E-state index is 12.3. The Labute approximate surface area is 123 Å². The molecule has 1 atom stereocenters. The van der Waals surface area contributed by atoms with E-state index in [1.807, 2.05) is 6.92 Å². The Bertz CT molecular complexity index is 523. The lowest BCUT2D eigenvalue weighted by Gasteiger charge is -2.29. The number of hydrogen-bond donors (Lipinski definition) is 2. The second-order valence-corrected chi connectivity index (χ2v) is 7.48. The van der Waals surface area contributed by atoms with E-state index in [0.29, 0.717) is 24.6 Å². The molecule has 0 aliphatic carbocycles. The lowest BCUT2D eigenvalue weighted by molar-refractivity contribution is 0.0354. The standard InChI is InChI=1S/C12H20N2O4S2/c1-10(8-14-3-5-18-6-4-14)13-20(16,17)12-2-7-19-11(12)9-15/h2,7,10,13,15H,3-6,8-9H2,1H3. The van der Waals surface area contributed by atoms with Gasteiger partial charge in [0, 0.05) is 30.6 Å². The summed E-state index contributed by atoms with van der Waals surface area (Å²) in [6.45, 7) is 5.28. The molecule has 1 aromatic heterocycles. The Morgan fingerprint density at radius 2 is 2.20 bits per heavy atom. The lowest BCUT2D eigenvalue weighted by atomic mass is 10.3. The zero-order chi connectivity index (χ0) is 14.6. The first-order chi connectivity index (χ1) is 9.53. The van der Waals surface area contributed by atoms with E-state index < -0.39 is 10.0 Å². The summed E-state index contributed by atoms with van der Waals surface area (Å²) in [7, 11) is -3.57. The number of aliphatic hydroxyl groups excluding tert-OH is 1. The molecule has 0 amide bonds. The van der Waals surface area contributed by atoms with Crippen molar-refractivity contribution in [1.29, 1.82) is 0 Å². The Balaban J connectivity index is 1.97. The monoisotopic (exact) mass is 320 g/mol. The molecule has 114 valence electrons. The van der Waals surface area contributed by atoms with E-state index in [1.165, 1.54) is 17.4 Å². The van der Waals surface area contributed by atoms with Crippen LogP contribution in [0, 0.1) is 0 Å². The smallest absolute Gasteiger partial charge is 0.242 e. The molecule has 0 spiro atoms. The molecule has 0 radical (unpaired) electrons. The first-order valence-electron chi connectivity index (χ1n) is 6.52.